The van der Waals surface area contributed by atoms with Gasteiger partial charge in [-0.1, -0.05) is 49.3 Å². The maximum absolute atomic E-state index is 13.4. The van der Waals surface area contributed by atoms with Crippen molar-refractivity contribution in [1.82, 2.24) is 4.90 Å². The highest BCUT2D eigenvalue weighted by molar-refractivity contribution is 7.99. The number of likely N-dealkylation sites (tertiary alicyclic amines) is 1. The Morgan fingerprint density at radius 3 is 2.44 bits per heavy atom. The molecule has 0 aromatic heterocycles. The number of imide groups is 1. The lowest BCUT2D eigenvalue weighted by atomic mass is 9.65. The number of nitrogens with zero attached hydrogens (tertiary/aromatic N) is 2. The molecule has 1 spiro atoms. The van der Waals surface area contributed by atoms with Crippen molar-refractivity contribution >= 4 is 46.6 Å². The molecule has 168 valence electrons. The molecule has 5 rings (SSSR count). The van der Waals surface area contributed by atoms with Gasteiger partial charge >= 0.3 is 0 Å². The van der Waals surface area contributed by atoms with Crippen LogP contribution in [0, 0.1) is 17.3 Å². The average Bonchev–Trinajstić information content (AvgIpc) is 2.95. The SMILES string of the molecule is CC1CC(C)CC2(CC(=O)N(CCCN3c4ccccc4Sc4ccc(Cl)cc43)C2=O)C1. The fraction of sp³-hybridized carbons (Fsp3) is 0.462. The van der Waals surface area contributed by atoms with Gasteiger partial charge in [-0.3, -0.25) is 14.5 Å². The third-order valence-electron chi connectivity index (χ3n) is 7.12. The van der Waals surface area contributed by atoms with E-state index in [1.807, 2.05) is 18.2 Å². The summed E-state index contributed by atoms with van der Waals surface area (Å²) in [5.41, 5.74) is 1.78. The number of rotatable bonds is 4. The Morgan fingerprint density at radius 1 is 0.969 bits per heavy atom. The van der Waals surface area contributed by atoms with Gasteiger partial charge < -0.3 is 4.90 Å². The molecule has 0 N–H and O–H groups in total. The highest BCUT2D eigenvalue weighted by atomic mass is 35.5. The zero-order valence-electron chi connectivity index (χ0n) is 18.6. The molecule has 32 heavy (non-hydrogen) atoms. The summed E-state index contributed by atoms with van der Waals surface area (Å²) in [7, 11) is 0. The number of carbonyl (C=O) groups is 2. The van der Waals surface area contributed by atoms with Crippen molar-refractivity contribution in [3.63, 3.8) is 0 Å². The van der Waals surface area contributed by atoms with Crippen molar-refractivity contribution in [2.45, 2.75) is 55.7 Å². The summed E-state index contributed by atoms with van der Waals surface area (Å²) in [5, 5.41) is 0.709. The van der Waals surface area contributed by atoms with E-state index in [1.165, 1.54) is 9.79 Å². The molecule has 2 aromatic carbocycles. The van der Waals surface area contributed by atoms with E-state index in [9.17, 15) is 9.59 Å². The van der Waals surface area contributed by atoms with Crippen LogP contribution in [0.3, 0.4) is 0 Å². The molecule has 2 aromatic rings. The van der Waals surface area contributed by atoms with Crippen LogP contribution >= 0.6 is 23.4 Å². The van der Waals surface area contributed by atoms with E-state index >= 15 is 0 Å². The fourth-order valence-corrected chi connectivity index (χ4v) is 7.35. The lowest BCUT2D eigenvalue weighted by molar-refractivity contribution is -0.143. The van der Waals surface area contributed by atoms with Gasteiger partial charge in [-0.25, -0.2) is 0 Å². The zero-order valence-corrected chi connectivity index (χ0v) is 20.2. The number of anilines is 2. The van der Waals surface area contributed by atoms with Gasteiger partial charge in [0.15, 0.2) is 0 Å². The summed E-state index contributed by atoms with van der Waals surface area (Å²) in [5.74, 6) is 1.08. The predicted molar refractivity (Wildman–Crippen MR) is 130 cm³/mol. The largest absolute Gasteiger partial charge is 0.340 e. The Morgan fingerprint density at radius 2 is 1.66 bits per heavy atom. The van der Waals surface area contributed by atoms with Crippen LogP contribution in [-0.2, 0) is 9.59 Å². The summed E-state index contributed by atoms with van der Waals surface area (Å²) in [6, 6.07) is 14.3. The van der Waals surface area contributed by atoms with E-state index in [4.69, 9.17) is 11.6 Å². The summed E-state index contributed by atoms with van der Waals surface area (Å²) in [6.07, 6.45) is 3.96. The van der Waals surface area contributed by atoms with Crippen molar-refractivity contribution in [2.75, 3.05) is 18.0 Å². The topological polar surface area (TPSA) is 40.6 Å². The van der Waals surface area contributed by atoms with Crippen LogP contribution in [0.1, 0.15) is 46.0 Å². The van der Waals surface area contributed by atoms with Gasteiger partial charge in [0.05, 0.1) is 16.8 Å². The molecule has 1 saturated carbocycles. The minimum Gasteiger partial charge on any atom is -0.340 e. The van der Waals surface area contributed by atoms with E-state index < -0.39 is 5.41 Å². The quantitative estimate of drug-likeness (QED) is 0.478. The van der Waals surface area contributed by atoms with E-state index in [2.05, 4.69) is 43.0 Å². The lowest BCUT2D eigenvalue weighted by Gasteiger charge is -2.38. The molecule has 1 aliphatic carbocycles. The smallest absolute Gasteiger partial charge is 0.235 e. The lowest BCUT2D eigenvalue weighted by Crippen LogP contribution is -2.41. The second-order valence-electron chi connectivity index (χ2n) is 9.85. The van der Waals surface area contributed by atoms with Crippen LogP contribution in [-0.4, -0.2) is 29.8 Å². The van der Waals surface area contributed by atoms with E-state index in [-0.39, 0.29) is 11.8 Å². The van der Waals surface area contributed by atoms with Crippen LogP contribution in [0.15, 0.2) is 52.3 Å². The Balaban J connectivity index is 1.32. The molecule has 3 aliphatic rings. The van der Waals surface area contributed by atoms with Crippen LogP contribution in [0.25, 0.3) is 0 Å². The van der Waals surface area contributed by atoms with Gasteiger partial charge in [0.1, 0.15) is 0 Å². The first-order valence-corrected chi connectivity index (χ1v) is 12.7. The van der Waals surface area contributed by atoms with Crippen molar-refractivity contribution in [3.05, 3.63) is 47.5 Å². The Bertz CT molecular complexity index is 1060. The summed E-state index contributed by atoms with van der Waals surface area (Å²) in [6.45, 7) is 5.63. The minimum atomic E-state index is -0.456. The van der Waals surface area contributed by atoms with Crippen LogP contribution in [0.2, 0.25) is 5.02 Å². The van der Waals surface area contributed by atoms with Gasteiger partial charge in [0.2, 0.25) is 11.8 Å². The molecule has 1 saturated heterocycles. The highest BCUT2D eigenvalue weighted by Crippen LogP contribution is 2.50. The molecular weight excluding hydrogens is 440 g/mol. The molecule has 0 radical (unpaired) electrons. The van der Waals surface area contributed by atoms with Gasteiger partial charge in [-0.05, 0) is 67.9 Å². The number of hydrogen-bond donors (Lipinski definition) is 0. The van der Waals surface area contributed by atoms with Crippen molar-refractivity contribution in [3.8, 4) is 0 Å². The zero-order chi connectivity index (χ0) is 22.5. The fourth-order valence-electron chi connectivity index (χ4n) is 6.11. The summed E-state index contributed by atoms with van der Waals surface area (Å²) in [4.78, 5) is 32.5. The molecule has 2 atom stereocenters. The van der Waals surface area contributed by atoms with Crippen LogP contribution < -0.4 is 4.90 Å². The Hall–Kier alpha value is -1.98. The standard InChI is InChI=1S/C26H29ClN2O2S/c1-17-12-18(2)15-26(14-17)16-24(30)29(25(26)31)11-5-10-28-20-6-3-4-7-22(20)32-23-9-8-19(27)13-21(23)28/h3-4,6-9,13,17-18H,5,10-12,14-16H2,1-2H3. The number of hydrogen-bond acceptors (Lipinski definition) is 4. The van der Waals surface area contributed by atoms with Crippen LogP contribution in [0.5, 0.6) is 0 Å². The summed E-state index contributed by atoms with van der Waals surface area (Å²) >= 11 is 8.07. The van der Waals surface area contributed by atoms with Gasteiger partial charge in [0, 0.05) is 34.3 Å². The maximum Gasteiger partial charge on any atom is 0.235 e. The van der Waals surface area contributed by atoms with E-state index in [0.29, 0.717) is 29.8 Å². The van der Waals surface area contributed by atoms with Gasteiger partial charge in [-0.2, -0.15) is 0 Å². The number of carbonyl (C=O) groups excluding carboxylic acids is 2. The van der Waals surface area contributed by atoms with Crippen molar-refractivity contribution in [2.24, 2.45) is 17.3 Å². The number of amides is 2. The molecule has 2 fully saturated rings. The first-order valence-electron chi connectivity index (χ1n) is 11.5. The van der Waals surface area contributed by atoms with Gasteiger partial charge in [-0.15, -0.1) is 0 Å². The Labute approximate surface area is 199 Å². The molecular formula is C26H29ClN2O2S. The van der Waals surface area contributed by atoms with Crippen molar-refractivity contribution < 1.29 is 9.59 Å². The predicted octanol–water partition coefficient (Wildman–Crippen LogP) is 6.53. The first kappa shape index (κ1) is 21.8. The van der Waals surface area contributed by atoms with E-state index in [1.54, 1.807) is 16.7 Å². The molecule has 0 bridgehead atoms. The van der Waals surface area contributed by atoms with Crippen LogP contribution in [0.4, 0.5) is 11.4 Å². The average molecular weight is 469 g/mol. The number of halogens is 1. The van der Waals surface area contributed by atoms with E-state index in [0.717, 1.165) is 43.6 Å². The molecule has 2 aliphatic heterocycles. The third kappa shape index (κ3) is 3.84. The maximum atomic E-state index is 13.4. The Kier molecular flexibility index (Phi) is 5.75. The number of fused-ring (bicyclic) bond motifs is 2. The summed E-state index contributed by atoms with van der Waals surface area (Å²) < 4.78 is 0. The monoisotopic (exact) mass is 468 g/mol. The molecule has 2 heterocycles. The minimum absolute atomic E-state index is 0.00865. The third-order valence-corrected chi connectivity index (χ3v) is 8.49. The normalized spacial score (nSPS) is 27.1. The number of benzene rings is 2. The molecule has 2 unspecified atom stereocenters. The second-order valence-corrected chi connectivity index (χ2v) is 11.4. The first-order chi connectivity index (χ1) is 15.4. The highest BCUT2D eigenvalue weighted by Gasteiger charge is 2.53. The van der Waals surface area contributed by atoms with Gasteiger partial charge in [0.25, 0.3) is 0 Å². The van der Waals surface area contributed by atoms with Crippen molar-refractivity contribution in [1.29, 1.82) is 0 Å². The number of para-hydroxylation sites is 1. The molecule has 2 amide bonds. The second kappa shape index (κ2) is 8.42. The molecule has 6 heteroatoms. The molecule has 4 nitrogen and oxygen atoms in total.